The molecule has 0 radical (unpaired) electrons. The number of hydrogen-bond donors (Lipinski definition) is 1. The molecule has 0 spiro atoms. The second kappa shape index (κ2) is 4.92. The van der Waals surface area contributed by atoms with E-state index in [2.05, 4.69) is 0 Å². The lowest BCUT2D eigenvalue weighted by Gasteiger charge is -2.00. The summed E-state index contributed by atoms with van der Waals surface area (Å²) in [5.74, 6) is -4.18. The highest BCUT2D eigenvalue weighted by Crippen LogP contribution is 2.20. The molecule has 102 valence electrons. The number of nitrogens with zero attached hydrogens (tertiary/aromatic N) is 1. The van der Waals surface area contributed by atoms with E-state index in [9.17, 15) is 24.1 Å². The fourth-order valence-corrected chi connectivity index (χ4v) is 1.51. The summed E-state index contributed by atoms with van der Waals surface area (Å²) in [6.45, 7) is 0. The van der Waals surface area contributed by atoms with Crippen LogP contribution in [0, 0.1) is 15.9 Å². The monoisotopic (exact) mass is 279 g/mol. The number of benzene rings is 1. The van der Waals surface area contributed by atoms with Crippen molar-refractivity contribution in [1.82, 2.24) is 0 Å². The third-order valence-electron chi connectivity index (χ3n) is 2.45. The first kappa shape index (κ1) is 13.4. The highest BCUT2D eigenvalue weighted by Gasteiger charge is 2.21. The molecular formula is C12H6FNO6. The van der Waals surface area contributed by atoms with Crippen molar-refractivity contribution in [3.8, 4) is 0 Å². The van der Waals surface area contributed by atoms with Crippen LogP contribution in [-0.2, 0) is 0 Å². The van der Waals surface area contributed by atoms with E-state index in [0.29, 0.717) is 6.07 Å². The van der Waals surface area contributed by atoms with Crippen LogP contribution in [0.3, 0.4) is 0 Å². The first-order valence-corrected chi connectivity index (χ1v) is 5.22. The van der Waals surface area contributed by atoms with Crippen LogP contribution in [-0.4, -0.2) is 21.8 Å². The number of carbonyl (C=O) groups is 2. The Labute approximate surface area is 110 Å². The molecular weight excluding hydrogens is 273 g/mol. The Kier molecular flexibility index (Phi) is 3.30. The largest absolute Gasteiger partial charge is 0.475 e. The molecule has 0 amide bonds. The van der Waals surface area contributed by atoms with Gasteiger partial charge in [0.25, 0.3) is 5.69 Å². The van der Waals surface area contributed by atoms with Crippen LogP contribution in [0.4, 0.5) is 10.1 Å². The van der Waals surface area contributed by atoms with Crippen LogP contribution in [0.25, 0.3) is 0 Å². The maximum Gasteiger partial charge on any atom is 0.371 e. The van der Waals surface area contributed by atoms with E-state index in [1.807, 2.05) is 0 Å². The Morgan fingerprint density at radius 3 is 2.35 bits per heavy atom. The van der Waals surface area contributed by atoms with Crippen molar-refractivity contribution < 1.29 is 28.4 Å². The molecule has 1 heterocycles. The second-order valence-corrected chi connectivity index (χ2v) is 3.72. The van der Waals surface area contributed by atoms with Gasteiger partial charge in [-0.25, -0.2) is 9.18 Å². The normalized spacial score (nSPS) is 10.2. The van der Waals surface area contributed by atoms with Crippen molar-refractivity contribution in [3.63, 3.8) is 0 Å². The highest BCUT2D eigenvalue weighted by molar-refractivity contribution is 6.07. The van der Waals surface area contributed by atoms with Crippen molar-refractivity contribution in [3.05, 3.63) is 63.3 Å². The zero-order valence-corrected chi connectivity index (χ0v) is 9.70. The van der Waals surface area contributed by atoms with Gasteiger partial charge in [0.1, 0.15) is 5.82 Å². The first-order chi connectivity index (χ1) is 9.40. The van der Waals surface area contributed by atoms with E-state index in [4.69, 9.17) is 9.52 Å². The molecule has 0 fully saturated rings. The molecule has 0 unspecified atom stereocenters. The van der Waals surface area contributed by atoms with Gasteiger partial charge in [-0.05, 0) is 18.2 Å². The van der Waals surface area contributed by atoms with Crippen molar-refractivity contribution in [2.75, 3.05) is 0 Å². The Bertz CT molecular complexity index is 720. The maximum absolute atomic E-state index is 13.6. The van der Waals surface area contributed by atoms with Gasteiger partial charge in [0.2, 0.25) is 11.5 Å². The van der Waals surface area contributed by atoms with Crippen molar-refractivity contribution in [2.45, 2.75) is 0 Å². The van der Waals surface area contributed by atoms with Crippen LogP contribution in [0.5, 0.6) is 0 Å². The molecule has 2 rings (SSSR count). The van der Waals surface area contributed by atoms with Gasteiger partial charge >= 0.3 is 5.97 Å². The maximum atomic E-state index is 13.6. The zero-order chi connectivity index (χ0) is 14.9. The number of ketones is 1. The smallest absolute Gasteiger partial charge is 0.371 e. The molecule has 0 aliphatic rings. The molecule has 2 aromatic rings. The quantitative estimate of drug-likeness (QED) is 0.522. The van der Waals surface area contributed by atoms with E-state index in [1.165, 1.54) is 0 Å². The molecule has 0 aliphatic heterocycles. The van der Waals surface area contributed by atoms with E-state index in [1.54, 1.807) is 0 Å². The van der Waals surface area contributed by atoms with Crippen molar-refractivity contribution in [2.24, 2.45) is 0 Å². The number of aromatic carboxylic acids is 1. The minimum atomic E-state index is -1.37. The van der Waals surface area contributed by atoms with E-state index in [-0.39, 0.29) is 5.76 Å². The molecule has 0 bridgehead atoms. The fourth-order valence-electron chi connectivity index (χ4n) is 1.51. The SMILES string of the molecule is O=C(O)c1ccc(C(=O)c2ccc([N+](=O)[O-])cc2F)o1. The number of carbonyl (C=O) groups excluding carboxylic acids is 1. The summed E-state index contributed by atoms with van der Waals surface area (Å²) in [4.78, 5) is 32.1. The van der Waals surface area contributed by atoms with Gasteiger partial charge in [0.05, 0.1) is 16.6 Å². The van der Waals surface area contributed by atoms with Crippen LogP contribution in [0.1, 0.15) is 26.7 Å². The molecule has 0 aliphatic carbocycles. The molecule has 1 aromatic carbocycles. The summed E-state index contributed by atoms with van der Waals surface area (Å²) in [5.41, 5.74) is -0.938. The lowest BCUT2D eigenvalue weighted by Crippen LogP contribution is -2.04. The third kappa shape index (κ3) is 2.39. The van der Waals surface area contributed by atoms with Crippen molar-refractivity contribution in [1.29, 1.82) is 0 Å². The standard InChI is InChI=1S/C12H6FNO6/c13-8-5-6(14(18)19)1-2-7(8)11(15)9-3-4-10(20-9)12(16)17/h1-5H,(H,16,17). The number of non-ortho nitro benzene ring substituents is 1. The predicted molar refractivity (Wildman–Crippen MR) is 62.2 cm³/mol. The van der Waals surface area contributed by atoms with Crippen LogP contribution in [0.15, 0.2) is 34.7 Å². The summed E-state index contributed by atoms with van der Waals surface area (Å²) >= 11 is 0. The number of hydrogen-bond acceptors (Lipinski definition) is 5. The number of nitro benzene ring substituents is 1. The number of nitro groups is 1. The molecule has 0 saturated carbocycles. The zero-order valence-electron chi connectivity index (χ0n) is 9.70. The van der Waals surface area contributed by atoms with Gasteiger partial charge in [-0.2, -0.15) is 0 Å². The van der Waals surface area contributed by atoms with E-state index < -0.39 is 39.5 Å². The topological polar surface area (TPSA) is 111 Å². The lowest BCUT2D eigenvalue weighted by molar-refractivity contribution is -0.385. The number of rotatable bonds is 4. The molecule has 1 N–H and O–H groups in total. The summed E-state index contributed by atoms with van der Waals surface area (Å²) < 4.78 is 18.4. The molecule has 7 nitrogen and oxygen atoms in total. The molecule has 8 heteroatoms. The lowest BCUT2D eigenvalue weighted by atomic mass is 10.1. The molecule has 20 heavy (non-hydrogen) atoms. The number of furan rings is 1. The van der Waals surface area contributed by atoms with Crippen molar-refractivity contribution >= 4 is 17.4 Å². The van der Waals surface area contributed by atoms with Gasteiger partial charge in [-0.15, -0.1) is 0 Å². The average molecular weight is 279 g/mol. The van der Waals surface area contributed by atoms with Crippen LogP contribution >= 0.6 is 0 Å². The minimum Gasteiger partial charge on any atom is -0.475 e. The van der Waals surface area contributed by atoms with E-state index >= 15 is 0 Å². The third-order valence-corrected chi connectivity index (χ3v) is 2.45. The minimum absolute atomic E-state index is 0.366. The first-order valence-electron chi connectivity index (χ1n) is 5.22. The Balaban J connectivity index is 2.37. The van der Waals surface area contributed by atoms with Crippen LogP contribution < -0.4 is 0 Å². The highest BCUT2D eigenvalue weighted by atomic mass is 19.1. The van der Waals surface area contributed by atoms with Gasteiger partial charge in [0.15, 0.2) is 5.76 Å². The second-order valence-electron chi connectivity index (χ2n) is 3.72. The van der Waals surface area contributed by atoms with Gasteiger partial charge < -0.3 is 9.52 Å². The van der Waals surface area contributed by atoms with Gasteiger partial charge in [-0.1, -0.05) is 0 Å². The average Bonchev–Trinajstić information content (AvgIpc) is 2.87. The molecule has 0 saturated heterocycles. The van der Waals surface area contributed by atoms with E-state index in [0.717, 1.165) is 24.3 Å². The van der Waals surface area contributed by atoms with Gasteiger partial charge in [0, 0.05) is 6.07 Å². The predicted octanol–water partition coefficient (Wildman–Crippen LogP) is 2.26. The summed E-state index contributed by atoms with van der Waals surface area (Å²) in [6.07, 6.45) is 0. The Hall–Kier alpha value is -3.03. The fraction of sp³-hybridized carbons (Fsp3) is 0. The number of halogens is 1. The Morgan fingerprint density at radius 1 is 1.20 bits per heavy atom. The summed E-state index contributed by atoms with van der Waals surface area (Å²) in [6, 6.07) is 4.66. The molecule has 0 atom stereocenters. The van der Waals surface area contributed by atoms with Crippen LogP contribution in [0.2, 0.25) is 0 Å². The number of carboxylic acids is 1. The van der Waals surface area contributed by atoms with Gasteiger partial charge in [-0.3, -0.25) is 14.9 Å². The summed E-state index contributed by atoms with van der Waals surface area (Å²) in [7, 11) is 0. The summed E-state index contributed by atoms with van der Waals surface area (Å²) in [5, 5.41) is 19.1. The number of carboxylic acid groups (broad SMARTS) is 1. The molecule has 1 aromatic heterocycles. The Morgan fingerprint density at radius 2 is 1.85 bits per heavy atom.